The maximum Gasteiger partial charge on any atom is 0.412 e. The second-order valence-corrected chi connectivity index (χ2v) is 10.4. The summed E-state index contributed by atoms with van der Waals surface area (Å²) < 4.78 is 12.1. The highest BCUT2D eigenvalue weighted by Gasteiger charge is 2.46. The lowest BCUT2D eigenvalue weighted by atomic mass is 10.1. The fourth-order valence-corrected chi connectivity index (χ4v) is 5.84. The summed E-state index contributed by atoms with van der Waals surface area (Å²) in [6.07, 6.45) is 2.91. The van der Waals surface area contributed by atoms with Gasteiger partial charge in [0.25, 0.3) is 0 Å². The van der Waals surface area contributed by atoms with Crippen LogP contribution < -0.4 is 5.32 Å². The van der Waals surface area contributed by atoms with Crippen molar-refractivity contribution in [3.05, 3.63) is 70.0 Å². The average Bonchev–Trinajstić information content (AvgIpc) is 3.26. The molecule has 10 heteroatoms. The average molecular weight is 503 g/mol. The number of aromatic nitrogens is 3. The molecule has 8 nitrogen and oxygen atoms in total. The molecule has 0 bridgehead atoms. The van der Waals surface area contributed by atoms with E-state index in [1.165, 1.54) is 11.3 Å². The predicted molar refractivity (Wildman–Crippen MR) is 134 cm³/mol. The molecular formula is C25H18N4O4S2. The maximum absolute atomic E-state index is 12.5. The van der Waals surface area contributed by atoms with Gasteiger partial charge in [-0.25, -0.2) is 19.7 Å². The van der Waals surface area contributed by atoms with Crippen LogP contribution in [0, 0.1) is 11.8 Å². The normalized spacial score (nSPS) is 14.0. The standard InChI is InChI=1S/C25H18N4O4S2/c30-14-25(10-11-25)23-29-20-22(35-23)34-18(27-20)9-8-17-19(16-7-4-12-26-21(16)33-17)28-24(31)32-13-15-5-2-1-3-6-15/h1-7,12,30H,10-11,13-14H2,(H,28,31). The number of nitrogens with one attached hydrogen (secondary N) is 1. The van der Waals surface area contributed by atoms with Gasteiger partial charge in [-0.05, 0) is 42.4 Å². The van der Waals surface area contributed by atoms with Crippen LogP contribution in [0.2, 0.25) is 0 Å². The van der Waals surface area contributed by atoms with E-state index in [0.717, 1.165) is 27.4 Å². The Balaban J connectivity index is 1.25. The molecule has 35 heavy (non-hydrogen) atoms. The number of benzene rings is 1. The summed E-state index contributed by atoms with van der Waals surface area (Å²) in [6, 6.07) is 13.0. The van der Waals surface area contributed by atoms with E-state index in [9.17, 15) is 9.90 Å². The lowest BCUT2D eigenvalue weighted by Crippen LogP contribution is -2.14. The van der Waals surface area contributed by atoms with Crippen molar-refractivity contribution in [1.82, 2.24) is 15.0 Å². The number of furan rings is 1. The van der Waals surface area contributed by atoms with Crippen LogP contribution >= 0.6 is 22.7 Å². The number of thiazole rings is 2. The van der Waals surface area contributed by atoms with E-state index in [-0.39, 0.29) is 24.4 Å². The van der Waals surface area contributed by atoms with E-state index in [1.807, 2.05) is 30.3 Å². The number of ether oxygens (including phenoxy) is 1. The second kappa shape index (κ2) is 8.78. The molecule has 6 rings (SSSR count). The SMILES string of the molecule is O=C(Nc1c(C#Cc2nc3nc(C4(CO)CC4)sc3s2)oc2ncccc12)OCc1ccccc1. The third-order valence-corrected chi connectivity index (χ3v) is 8.12. The number of carbonyl (C=O) groups excluding carboxylic acids is 1. The van der Waals surface area contributed by atoms with Crippen LogP contribution in [0.15, 0.2) is 53.1 Å². The number of carbonyl (C=O) groups is 1. The van der Waals surface area contributed by atoms with Crippen LogP contribution in [0.1, 0.15) is 34.2 Å². The summed E-state index contributed by atoms with van der Waals surface area (Å²) in [4.78, 5) is 25.9. The van der Waals surface area contributed by atoms with E-state index in [0.29, 0.717) is 27.4 Å². The zero-order valence-electron chi connectivity index (χ0n) is 18.3. The van der Waals surface area contributed by atoms with Crippen LogP contribution in [0.5, 0.6) is 0 Å². The van der Waals surface area contributed by atoms with Crippen molar-refractivity contribution in [2.45, 2.75) is 24.9 Å². The molecule has 0 unspecified atom stereocenters. The topological polar surface area (TPSA) is 110 Å². The number of anilines is 1. The zero-order chi connectivity index (χ0) is 23.8. The number of amides is 1. The summed E-state index contributed by atoms with van der Waals surface area (Å²) in [5.41, 5.74) is 2.12. The van der Waals surface area contributed by atoms with E-state index in [4.69, 9.17) is 9.15 Å². The number of hydrogen-bond donors (Lipinski definition) is 2. The van der Waals surface area contributed by atoms with E-state index < -0.39 is 6.09 Å². The van der Waals surface area contributed by atoms with Crippen LogP contribution in [0.25, 0.3) is 20.8 Å². The lowest BCUT2D eigenvalue weighted by molar-refractivity contribution is 0.155. The van der Waals surface area contributed by atoms with Crippen LogP contribution in [0.4, 0.5) is 10.5 Å². The number of hydrogen-bond acceptors (Lipinski definition) is 9. The van der Waals surface area contributed by atoms with Crippen molar-refractivity contribution in [3.63, 3.8) is 0 Å². The molecule has 2 N–H and O–H groups in total. The summed E-state index contributed by atoms with van der Waals surface area (Å²) >= 11 is 3.01. The molecule has 4 aromatic heterocycles. The van der Waals surface area contributed by atoms with E-state index in [2.05, 4.69) is 32.1 Å². The molecule has 0 aliphatic heterocycles. The smallest absolute Gasteiger partial charge is 0.412 e. The molecular weight excluding hydrogens is 484 g/mol. The van der Waals surface area contributed by atoms with Gasteiger partial charge in [-0.1, -0.05) is 41.7 Å². The van der Waals surface area contributed by atoms with Crippen molar-refractivity contribution in [1.29, 1.82) is 0 Å². The third-order valence-electron chi connectivity index (χ3n) is 5.78. The number of aliphatic hydroxyl groups is 1. The number of pyridine rings is 1. The highest BCUT2D eigenvalue weighted by Crippen LogP contribution is 2.50. The first-order valence-corrected chi connectivity index (χ1v) is 12.5. The van der Waals surface area contributed by atoms with Crippen molar-refractivity contribution in [2.75, 3.05) is 11.9 Å². The van der Waals surface area contributed by atoms with Gasteiger partial charge in [0.05, 0.1) is 12.0 Å². The Bertz CT molecular complexity index is 1570. The molecule has 1 aromatic carbocycles. The second-order valence-electron chi connectivity index (χ2n) is 8.19. The first kappa shape index (κ1) is 21.7. The van der Waals surface area contributed by atoms with Crippen LogP contribution in [0.3, 0.4) is 0 Å². The minimum Gasteiger partial charge on any atom is -0.444 e. The van der Waals surface area contributed by atoms with Crippen LogP contribution in [-0.4, -0.2) is 32.8 Å². The van der Waals surface area contributed by atoms with Gasteiger partial charge < -0.3 is 14.3 Å². The quantitative estimate of drug-likeness (QED) is 0.323. The fourth-order valence-electron chi connectivity index (χ4n) is 3.63. The number of rotatable bonds is 5. The molecule has 0 radical (unpaired) electrons. The number of fused-ring (bicyclic) bond motifs is 2. The van der Waals surface area contributed by atoms with Crippen molar-refractivity contribution < 1.29 is 19.1 Å². The molecule has 5 aromatic rings. The van der Waals surface area contributed by atoms with Gasteiger partial charge in [0.1, 0.15) is 21.3 Å². The minimum absolute atomic E-state index is 0.115. The molecule has 0 spiro atoms. The highest BCUT2D eigenvalue weighted by molar-refractivity contribution is 7.38. The van der Waals surface area contributed by atoms with Gasteiger partial charge in [-0.15, -0.1) is 11.3 Å². The molecule has 0 saturated heterocycles. The highest BCUT2D eigenvalue weighted by atomic mass is 32.2. The Labute approximate surface area is 207 Å². The summed E-state index contributed by atoms with van der Waals surface area (Å²) in [6.45, 7) is 0.258. The summed E-state index contributed by atoms with van der Waals surface area (Å²) in [7, 11) is 0. The lowest BCUT2D eigenvalue weighted by Gasteiger charge is -2.06. The molecule has 4 heterocycles. The molecule has 1 amide bonds. The van der Waals surface area contributed by atoms with Crippen molar-refractivity contribution in [2.24, 2.45) is 0 Å². The Kier molecular flexibility index (Phi) is 5.45. The minimum atomic E-state index is -0.618. The number of nitrogens with zero attached hydrogens (tertiary/aromatic N) is 3. The molecule has 1 fully saturated rings. The third kappa shape index (κ3) is 4.25. The molecule has 174 valence electrons. The van der Waals surface area contributed by atoms with E-state index in [1.54, 1.807) is 29.7 Å². The Morgan fingerprint density at radius 2 is 2.00 bits per heavy atom. The first-order valence-electron chi connectivity index (χ1n) is 10.9. The fraction of sp³-hybridized carbons (Fsp3) is 0.200. The molecule has 1 aliphatic rings. The summed E-state index contributed by atoms with van der Waals surface area (Å²) in [5, 5.41) is 14.6. The largest absolute Gasteiger partial charge is 0.444 e. The van der Waals surface area contributed by atoms with Crippen molar-refractivity contribution in [3.8, 4) is 11.8 Å². The van der Waals surface area contributed by atoms with Crippen LogP contribution in [-0.2, 0) is 16.8 Å². The molecule has 0 atom stereocenters. The van der Waals surface area contributed by atoms with Gasteiger partial charge in [-0.3, -0.25) is 5.32 Å². The Morgan fingerprint density at radius 3 is 2.77 bits per heavy atom. The van der Waals surface area contributed by atoms with Gasteiger partial charge in [0.2, 0.25) is 11.5 Å². The monoisotopic (exact) mass is 502 g/mol. The van der Waals surface area contributed by atoms with Gasteiger partial charge in [0.15, 0.2) is 10.7 Å². The predicted octanol–water partition coefficient (Wildman–Crippen LogP) is 5.07. The maximum atomic E-state index is 12.5. The van der Waals surface area contributed by atoms with Gasteiger partial charge in [0, 0.05) is 11.6 Å². The Hall–Kier alpha value is -3.78. The molecule has 1 saturated carbocycles. The van der Waals surface area contributed by atoms with Gasteiger partial charge >= 0.3 is 6.09 Å². The van der Waals surface area contributed by atoms with E-state index >= 15 is 0 Å². The van der Waals surface area contributed by atoms with Crippen molar-refractivity contribution >= 4 is 55.2 Å². The summed E-state index contributed by atoms with van der Waals surface area (Å²) in [5.74, 6) is 6.26. The zero-order valence-corrected chi connectivity index (χ0v) is 19.9. The Morgan fingerprint density at radius 1 is 1.14 bits per heavy atom. The number of aliphatic hydroxyl groups excluding tert-OH is 1. The molecule has 1 aliphatic carbocycles. The van der Waals surface area contributed by atoms with Gasteiger partial charge in [-0.2, -0.15) is 0 Å². The first-order chi connectivity index (χ1) is 17.1.